The summed E-state index contributed by atoms with van der Waals surface area (Å²) in [5.74, 6) is 0.752. The number of carbonyl (C=O) groups is 1. The van der Waals surface area contributed by atoms with Crippen LogP contribution in [-0.2, 0) is 13.0 Å². The maximum atomic E-state index is 13.4. The molecule has 31 heavy (non-hydrogen) atoms. The van der Waals surface area contributed by atoms with Crippen LogP contribution >= 0.6 is 0 Å². The molecule has 3 aliphatic rings. The van der Waals surface area contributed by atoms with E-state index in [1.807, 2.05) is 23.1 Å². The largest absolute Gasteiger partial charge is 0.380 e. The molecule has 0 spiro atoms. The monoisotopic (exact) mass is 410 g/mol. The molecule has 1 atom stereocenters. The molecule has 6 rings (SSSR count). The van der Waals surface area contributed by atoms with Crippen molar-refractivity contribution in [1.29, 1.82) is 0 Å². The third-order valence-corrected chi connectivity index (χ3v) is 6.86. The number of para-hydroxylation sites is 1. The number of carbonyl (C=O) groups excluding carboxylic acids is 1. The predicted molar refractivity (Wildman–Crippen MR) is 123 cm³/mol. The van der Waals surface area contributed by atoms with E-state index in [1.165, 1.54) is 5.57 Å². The first-order valence-electron chi connectivity index (χ1n) is 11.1. The zero-order valence-electron chi connectivity index (χ0n) is 17.8. The highest BCUT2D eigenvalue weighted by Gasteiger charge is 2.36. The first kappa shape index (κ1) is 18.4. The second-order valence-electron chi connectivity index (χ2n) is 9.00. The Labute approximate surface area is 182 Å². The van der Waals surface area contributed by atoms with Crippen molar-refractivity contribution in [2.24, 2.45) is 5.92 Å². The molecule has 3 aromatic rings. The smallest absolute Gasteiger partial charge is 0.256 e. The van der Waals surface area contributed by atoms with Gasteiger partial charge in [0.25, 0.3) is 5.91 Å². The fraction of sp³-hybridized carbons (Fsp3) is 0.308. The molecule has 0 saturated carbocycles. The second-order valence-corrected chi connectivity index (χ2v) is 9.00. The Morgan fingerprint density at radius 2 is 1.90 bits per heavy atom. The normalized spacial score (nSPS) is 19.9. The molecule has 0 aliphatic carbocycles. The van der Waals surface area contributed by atoms with E-state index >= 15 is 0 Å². The van der Waals surface area contributed by atoms with Gasteiger partial charge < -0.3 is 14.7 Å². The lowest BCUT2D eigenvalue weighted by atomic mass is 10.1. The summed E-state index contributed by atoms with van der Waals surface area (Å²) >= 11 is 0. The van der Waals surface area contributed by atoms with Gasteiger partial charge in [-0.3, -0.25) is 9.78 Å². The van der Waals surface area contributed by atoms with Crippen molar-refractivity contribution in [3.8, 4) is 0 Å². The number of aromatic nitrogens is 1. The maximum Gasteiger partial charge on any atom is 0.256 e. The first-order chi connectivity index (χ1) is 15.2. The molecular weight excluding hydrogens is 384 g/mol. The summed E-state index contributed by atoms with van der Waals surface area (Å²) in [6, 6.07) is 18.7. The van der Waals surface area contributed by atoms with E-state index in [9.17, 15) is 4.79 Å². The Balaban J connectivity index is 1.20. The highest BCUT2D eigenvalue weighted by Crippen LogP contribution is 2.37. The van der Waals surface area contributed by atoms with E-state index < -0.39 is 0 Å². The van der Waals surface area contributed by atoms with E-state index in [-0.39, 0.29) is 5.91 Å². The van der Waals surface area contributed by atoms with E-state index in [0.717, 1.165) is 59.5 Å². The van der Waals surface area contributed by atoms with Crippen LogP contribution in [0.4, 0.5) is 5.69 Å². The molecule has 5 heteroatoms. The van der Waals surface area contributed by atoms with E-state index in [4.69, 9.17) is 4.98 Å². The number of hydrogen-bond donors (Lipinski definition) is 0. The summed E-state index contributed by atoms with van der Waals surface area (Å²) in [5, 5.41) is 1.15. The van der Waals surface area contributed by atoms with Crippen LogP contribution in [0.1, 0.15) is 21.6 Å². The van der Waals surface area contributed by atoms with Gasteiger partial charge in [-0.15, -0.1) is 0 Å². The Hall–Kier alpha value is -3.34. The fourth-order valence-electron chi connectivity index (χ4n) is 5.33. The molecule has 1 saturated heterocycles. The van der Waals surface area contributed by atoms with Crippen LogP contribution in [0.3, 0.4) is 0 Å². The zero-order valence-corrected chi connectivity index (χ0v) is 17.8. The minimum atomic E-state index is 0.162. The topological polar surface area (TPSA) is 39.7 Å². The SMILES string of the molecule is CN1C=C2CN(c3cccc4c3C(=O)N(CCc3ccc5ccccc5n3)C4)CC2C1. The predicted octanol–water partition coefficient (Wildman–Crippen LogP) is 3.70. The van der Waals surface area contributed by atoms with Gasteiger partial charge in [0.1, 0.15) is 0 Å². The molecule has 156 valence electrons. The number of rotatable bonds is 4. The number of amides is 1. The Bertz CT molecular complexity index is 1220. The van der Waals surface area contributed by atoms with Crippen LogP contribution in [0.25, 0.3) is 10.9 Å². The molecule has 3 aliphatic heterocycles. The van der Waals surface area contributed by atoms with Gasteiger partial charge >= 0.3 is 0 Å². The van der Waals surface area contributed by atoms with Crippen LogP contribution in [0.15, 0.2) is 66.4 Å². The number of hydrogen-bond acceptors (Lipinski definition) is 4. The third kappa shape index (κ3) is 3.16. The summed E-state index contributed by atoms with van der Waals surface area (Å²) in [6.07, 6.45) is 3.05. The molecule has 1 fully saturated rings. The number of anilines is 1. The number of nitrogens with zero attached hydrogens (tertiary/aromatic N) is 4. The van der Waals surface area contributed by atoms with Crippen LogP contribution < -0.4 is 4.90 Å². The summed E-state index contributed by atoms with van der Waals surface area (Å²) < 4.78 is 0. The van der Waals surface area contributed by atoms with Crippen molar-refractivity contribution in [3.63, 3.8) is 0 Å². The van der Waals surface area contributed by atoms with Gasteiger partial charge in [-0.05, 0) is 29.3 Å². The first-order valence-corrected chi connectivity index (χ1v) is 11.1. The lowest BCUT2D eigenvalue weighted by Gasteiger charge is -2.22. The zero-order chi connectivity index (χ0) is 20.9. The summed E-state index contributed by atoms with van der Waals surface area (Å²) in [5.41, 5.74) is 6.69. The summed E-state index contributed by atoms with van der Waals surface area (Å²) in [4.78, 5) is 24.8. The van der Waals surface area contributed by atoms with Gasteiger partial charge in [-0.1, -0.05) is 36.4 Å². The molecule has 0 N–H and O–H groups in total. The van der Waals surface area contributed by atoms with Crippen molar-refractivity contribution >= 4 is 22.5 Å². The molecule has 1 amide bonds. The van der Waals surface area contributed by atoms with Crippen LogP contribution in [-0.4, -0.2) is 53.9 Å². The van der Waals surface area contributed by atoms with Gasteiger partial charge in [0.15, 0.2) is 0 Å². The van der Waals surface area contributed by atoms with Crippen molar-refractivity contribution in [2.45, 2.75) is 13.0 Å². The summed E-state index contributed by atoms with van der Waals surface area (Å²) in [6.45, 7) is 4.40. The van der Waals surface area contributed by atoms with Gasteiger partial charge in [0, 0.05) is 69.4 Å². The quantitative estimate of drug-likeness (QED) is 0.658. The molecule has 0 bridgehead atoms. The highest BCUT2D eigenvalue weighted by atomic mass is 16.2. The maximum absolute atomic E-state index is 13.4. The highest BCUT2D eigenvalue weighted by molar-refractivity contribution is 6.03. The van der Waals surface area contributed by atoms with Crippen molar-refractivity contribution in [1.82, 2.24) is 14.8 Å². The van der Waals surface area contributed by atoms with Gasteiger partial charge in [-0.2, -0.15) is 0 Å². The van der Waals surface area contributed by atoms with Crippen LogP contribution in [0.2, 0.25) is 0 Å². The lowest BCUT2D eigenvalue weighted by molar-refractivity contribution is 0.0780. The number of pyridine rings is 1. The Morgan fingerprint density at radius 3 is 2.81 bits per heavy atom. The Kier molecular flexibility index (Phi) is 4.23. The van der Waals surface area contributed by atoms with E-state index in [1.54, 1.807) is 0 Å². The minimum absolute atomic E-state index is 0.162. The second kappa shape index (κ2) is 7.12. The molecule has 1 aromatic heterocycles. The molecule has 4 heterocycles. The summed E-state index contributed by atoms with van der Waals surface area (Å²) in [7, 11) is 2.14. The number of fused-ring (bicyclic) bond motifs is 3. The molecule has 1 unspecified atom stereocenters. The lowest BCUT2D eigenvalue weighted by Crippen LogP contribution is -2.29. The standard InChI is InChI=1S/C26H26N4O/c1-28-13-20-16-30(17-21(20)14-28)24-8-4-6-19-15-29(26(31)25(19)24)12-11-22-10-9-18-5-2-3-7-23(18)27-22/h2-10,13,21H,11-12,14-17H2,1H3. The third-order valence-electron chi connectivity index (χ3n) is 6.86. The van der Waals surface area contributed by atoms with Crippen LogP contribution in [0, 0.1) is 5.92 Å². The van der Waals surface area contributed by atoms with E-state index in [0.29, 0.717) is 19.0 Å². The number of benzene rings is 2. The van der Waals surface area contributed by atoms with Crippen molar-refractivity contribution in [2.75, 3.05) is 38.1 Å². The van der Waals surface area contributed by atoms with Crippen molar-refractivity contribution in [3.05, 3.63) is 83.2 Å². The Morgan fingerprint density at radius 1 is 1.00 bits per heavy atom. The fourth-order valence-corrected chi connectivity index (χ4v) is 5.33. The van der Waals surface area contributed by atoms with Gasteiger partial charge in [0.2, 0.25) is 0 Å². The average molecular weight is 411 g/mol. The van der Waals surface area contributed by atoms with Crippen LogP contribution in [0.5, 0.6) is 0 Å². The molecule has 2 aromatic carbocycles. The van der Waals surface area contributed by atoms with Gasteiger partial charge in [0.05, 0.1) is 16.8 Å². The average Bonchev–Trinajstić information content (AvgIpc) is 3.43. The van der Waals surface area contributed by atoms with Gasteiger partial charge in [-0.25, -0.2) is 0 Å². The minimum Gasteiger partial charge on any atom is -0.380 e. The van der Waals surface area contributed by atoms with Crippen molar-refractivity contribution < 1.29 is 4.79 Å². The molecule has 5 nitrogen and oxygen atoms in total. The molecule has 0 radical (unpaired) electrons. The van der Waals surface area contributed by atoms with E-state index in [2.05, 4.69) is 59.4 Å². The molecular formula is C26H26N4O.